The quantitative estimate of drug-likeness (QED) is 0.688. The molecule has 1 N–H and O–H groups in total. The Bertz CT molecular complexity index is 1020. The number of hydrogen-bond acceptors (Lipinski definition) is 5. The van der Waals surface area contributed by atoms with Gasteiger partial charge in [0.2, 0.25) is 0 Å². The number of aliphatic hydroxyl groups is 1. The maximum atomic E-state index is 9.75. The fourth-order valence-electron chi connectivity index (χ4n) is 6.04. The maximum absolute atomic E-state index is 9.75. The highest BCUT2D eigenvalue weighted by Gasteiger charge is 2.44. The van der Waals surface area contributed by atoms with E-state index in [2.05, 4.69) is 52.0 Å². The number of piperidine rings is 2. The van der Waals surface area contributed by atoms with Crippen LogP contribution in [-0.2, 0) is 0 Å². The molecule has 1 spiro atoms. The molecule has 174 valence electrons. The maximum Gasteiger partial charge on any atom is 0.101 e. The molecule has 5 rings (SSSR count). The summed E-state index contributed by atoms with van der Waals surface area (Å²) in [4.78, 5) is 7.39. The van der Waals surface area contributed by atoms with Gasteiger partial charge in [0.25, 0.3) is 0 Å². The van der Waals surface area contributed by atoms with E-state index in [1.165, 1.54) is 30.6 Å². The van der Waals surface area contributed by atoms with Gasteiger partial charge in [0, 0.05) is 55.8 Å². The topological polar surface area (TPSA) is 53.7 Å². The fourth-order valence-corrected chi connectivity index (χ4v) is 6.25. The monoisotopic (exact) mass is 464 g/mol. The van der Waals surface area contributed by atoms with Crippen molar-refractivity contribution in [3.63, 3.8) is 0 Å². The highest BCUT2D eigenvalue weighted by atomic mass is 35.5. The van der Waals surface area contributed by atoms with E-state index in [0.29, 0.717) is 22.0 Å². The summed E-state index contributed by atoms with van der Waals surface area (Å²) in [6.07, 6.45) is 5.19. The first kappa shape index (κ1) is 22.4. The summed E-state index contributed by atoms with van der Waals surface area (Å²) in [6, 6.07) is 17.5. The van der Waals surface area contributed by atoms with E-state index in [0.717, 1.165) is 51.3 Å². The van der Waals surface area contributed by atoms with Crippen LogP contribution in [0, 0.1) is 16.7 Å². The first-order valence-electron chi connectivity index (χ1n) is 12.2. The average molecular weight is 465 g/mol. The Morgan fingerprint density at radius 2 is 1.52 bits per heavy atom. The molecule has 2 aromatic carbocycles. The third-order valence-corrected chi connectivity index (χ3v) is 8.35. The predicted molar refractivity (Wildman–Crippen MR) is 135 cm³/mol. The zero-order valence-electron chi connectivity index (χ0n) is 19.4. The highest BCUT2D eigenvalue weighted by Crippen LogP contribution is 2.46. The number of hydrogen-bond donors (Lipinski definition) is 1. The summed E-state index contributed by atoms with van der Waals surface area (Å²) < 4.78 is 0. The largest absolute Gasteiger partial charge is 0.393 e. The van der Waals surface area contributed by atoms with Gasteiger partial charge in [0.1, 0.15) is 6.07 Å². The zero-order valence-corrected chi connectivity index (χ0v) is 20.1. The van der Waals surface area contributed by atoms with Crippen molar-refractivity contribution in [1.29, 1.82) is 5.26 Å². The summed E-state index contributed by atoms with van der Waals surface area (Å²) in [6.45, 7) is 7.42. The molecular formula is C27H33ClN4O. The molecule has 1 atom stereocenters. The number of halogens is 1. The van der Waals surface area contributed by atoms with E-state index in [1.54, 1.807) is 0 Å². The summed E-state index contributed by atoms with van der Waals surface area (Å²) in [7, 11) is 0. The minimum Gasteiger partial charge on any atom is -0.393 e. The summed E-state index contributed by atoms with van der Waals surface area (Å²) in [5, 5.41) is 19.5. The fraction of sp³-hybridized carbons (Fsp3) is 0.519. The van der Waals surface area contributed by atoms with Gasteiger partial charge in [-0.15, -0.1) is 0 Å². The van der Waals surface area contributed by atoms with Crippen LogP contribution in [0.25, 0.3) is 0 Å². The first-order valence-corrected chi connectivity index (χ1v) is 12.6. The molecule has 0 radical (unpaired) electrons. The van der Waals surface area contributed by atoms with Crippen LogP contribution < -0.4 is 14.7 Å². The van der Waals surface area contributed by atoms with Gasteiger partial charge >= 0.3 is 0 Å². The number of benzene rings is 2. The van der Waals surface area contributed by atoms with Crippen molar-refractivity contribution in [3.8, 4) is 6.07 Å². The third kappa shape index (κ3) is 4.52. The molecule has 3 fully saturated rings. The number of nitrogens with zero attached hydrogens (tertiary/aromatic N) is 4. The standard InChI is InChI=1S/C27H33ClN4O/c1-20-17-27(19-32(20)24-3-2-21(18-29)26(28)16-24)10-14-31(15-11-27)23-6-4-22(5-7-23)30-12-8-25(33)9-13-30/h2-7,16,20,25,33H,8-15,17,19H2,1H3. The van der Waals surface area contributed by atoms with Crippen molar-refractivity contribution in [1.82, 2.24) is 0 Å². The van der Waals surface area contributed by atoms with Crippen molar-refractivity contribution in [2.24, 2.45) is 5.41 Å². The summed E-state index contributed by atoms with van der Waals surface area (Å²) in [5.41, 5.74) is 4.60. The lowest BCUT2D eigenvalue weighted by molar-refractivity contribution is 0.145. The second kappa shape index (κ2) is 9.08. The second-order valence-corrected chi connectivity index (χ2v) is 10.6. The van der Waals surface area contributed by atoms with Crippen molar-refractivity contribution in [2.45, 2.75) is 51.2 Å². The van der Waals surface area contributed by atoms with Crippen LogP contribution in [-0.4, -0.2) is 50.0 Å². The van der Waals surface area contributed by atoms with Crippen molar-refractivity contribution < 1.29 is 5.11 Å². The van der Waals surface area contributed by atoms with Crippen LogP contribution in [0.3, 0.4) is 0 Å². The highest BCUT2D eigenvalue weighted by molar-refractivity contribution is 6.32. The molecule has 0 aromatic heterocycles. The Balaban J connectivity index is 1.21. The molecular weight excluding hydrogens is 432 g/mol. The summed E-state index contributed by atoms with van der Waals surface area (Å²) in [5.74, 6) is 0. The van der Waals surface area contributed by atoms with Crippen molar-refractivity contribution in [3.05, 3.63) is 53.1 Å². The molecule has 5 nitrogen and oxygen atoms in total. The molecule has 2 aromatic rings. The Hall–Kier alpha value is -2.42. The van der Waals surface area contributed by atoms with E-state index < -0.39 is 0 Å². The molecule has 3 aliphatic rings. The Kier molecular flexibility index (Phi) is 6.16. The minimum absolute atomic E-state index is 0.135. The lowest BCUT2D eigenvalue weighted by atomic mass is 9.76. The molecule has 6 heteroatoms. The Morgan fingerprint density at radius 3 is 2.09 bits per heavy atom. The molecule has 3 aliphatic heterocycles. The lowest BCUT2D eigenvalue weighted by Gasteiger charge is -2.40. The third-order valence-electron chi connectivity index (χ3n) is 8.04. The minimum atomic E-state index is -0.135. The zero-order chi connectivity index (χ0) is 23.0. The van der Waals surface area contributed by atoms with E-state index in [1.807, 2.05) is 18.2 Å². The Morgan fingerprint density at radius 1 is 0.939 bits per heavy atom. The van der Waals surface area contributed by atoms with Crippen LogP contribution in [0.1, 0.15) is 44.6 Å². The molecule has 3 saturated heterocycles. The van der Waals surface area contributed by atoms with E-state index in [9.17, 15) is 10.4 Å². The molecule has 0 amide bonds. The Labute approximate surface area is 202 Å². The van der Waals surface area contributed by atoms with Gasteiger partial charge in [-0.1, -0.05) is 11.6 Å². The molecule has 1 unspecified atom stereocenters. The van der Waals surface area contributed by atoms with E-state index >= 15 is 0 Å². The predicted octanol–water partition coefficient (Wildman–Crippen LogP) is 5.06. The normalized spacial score (nSPS) is 23.2. The van der Waals surface area contributed by atoms with Gasteiger partial charge in [-0.25, -0.2) is 0 Å². The molecule has 0 saturated carbocycles. The molecule has 0 bridgehead atoms. The van der Waals surface area contributed by atoms with Crippen LogP contribution in [0.15, 0.2) is 42.5 Å². The SMILES string of the molecule is CC1CC2(CCN(c3ccc(N4CCC(O)CC4)cc3)CC2)CN1c1ccc(C#N)c(Cl)c1. The number of rotatable bonds is 3. The van der Waals surface area contributed by atoms with E-state index in [-0.39, 0.29) is 6.10 Å². The van der Waals surface area contributed by atoms with Crippen LogP contribution in [0.5, 0.6) is 0 Å². The smallest absolute Gasteiger partial charge is 0.101 e. The average Bonchev–Trinajstić information content (AvgIpc) is 3.15. The lowest BCUT2D eigenvalue weighted by Crippen LogP contribution is -2.41. The van der Waals surface area contributed by atoms with Crippen molar-refractivity contribution >= 4 is 28.7 Å². The molecule has 3 heterocycles. The van der Waals surface area contributed by atoms with Crippen molar-refractivity contribution in [2.75, 3.05) is 47.4 Å². The van der Waals surface area contributed by atoms with Crippen LogP contribution in [0.2, 0.25) is 5.02 Å². The van der Waals surface area contributed by atoms with Crippen LogP contribution >= 0.6 is 11.6 Å². The van der Waals surface area contributed by atoms with Gasteiger partial charge in [-0.2, -0.15) is 5.26 Å². The summed E-state index contributed by atoms with van der Waals surface area (Å²) >= 11 is 6.32. The van der Waals surface area contributed by atoms with Gasteiger partial charge in [-0.05, 0) is 86.9 Å². The second-order valence-electron chi connectivity index (χ2n) is 10.2. The number of aliphatic hydroxyl groups excluding tert-OH is 1. The van der Waals surface area contributed by atoms with Gasteiger partial charge in [0.15, 0.2) is 0 Å². The van der Waals surface area contributed by atoms with Gasteiger partial charge in [0.05, 0.1) is 16.7 Å². The van der Waals surface area contributed by atoms with E-state index in [4.69, 9.17) is 11.6 Å². The first-order chi connectivity index (χ1) is 16.0. The number of nitriles is 1. The van der Waals surface area contributed by atoms with Gasteiger partial charge in [-0.3, -0.25) is 0 Å². The molecule has 33 heavy (non-hydrogen) atoms. The van der Waals surface area contributed by atoms with Crippen LogP contribution in [0.4, 0.5) is 17.1 Å². The van der Waals surface area contributed by atoms with Gasteiger partial charge < -0.3 is 19.8 Å². The number of anilines is 3. The molecule has 0 aliphatic carbocycles.